The lowest BCUT2D eigenvalue weighted by molar-refractivity contribution is -0.147. The largest absolute Gasteiger partial charge is 0.375 e. The highest BCUT2D eigenvalue weighted by Gasteiger charge is 2.45. The van der Waals surface area contributed by atoms with Crippen LogP contribution in [-0.2, 0) is 11.2 Å². The highest BCUT2D eigenvalue weighted by atomic mass is 35.5. The summed E-state index contributed by atoms with van der Waals surface area (Å²) in [7, 11) is 0. The van der Waals surface area contributed by atoms with E-state index in [0.717, 1.165) is 0 Å². The molecule has 0 saturated carbocycles. The first-order valence-corrected chi connectivity index (χ1v) is 9.50. The first kappa shape index (κ1) is 20.6. The predicted octanol–water partition coefficient (Wildman–Crippen LogP) is 4.75. The minimum atomic E-state index is -3.05. The molecule has 4 heterocycles. The number of hydrogen-bond donors (Lipinski definition) is 0. The molecular weight excluding hydrogens is 416 g/mol. The average Bonchev–Trinajstić information content (AvgIpc) is 3.25. The van der Waals surface area contributed by atoms with Crippen LogP contribution in [0.25, 0.3) is 21.9 Å². The Morgan fingerprint density at radius 3 is 2.83 bits per heavy atom. The van der Waals surface area contributed by atoms with Gasteiger partial charge in [-0.25, -0.2) is 13.8 Å². The number of nitrogens with zero attached hydrogens (tertiary/aromatic N) is 5. The lowest BCUT2D eigenvalue weighted by Crippen LogP contribution is -2.41. The van der Waals surface area contributed by atoms with Crippen LogP contribution >= 0.6 is 11.6 Å². The Morgan fingerprint density at radius 1 is 1.27 bits per heavy atom. The van der Waals surface area contributed by atoms with E-state index in [2.05, 4.69) is 20.1 Å². The van der Waals surface area contributed by atoms with Crippen molar-refractivity contribution >= 4 is 33.5 Å². The van der Waals surface area contributed by atoms with Crippen molar-refractivity contribution in [2.24, 2.45) is 0 Å². The van der Waals surface area contributed by atoms with Gasteiger partial charge in [-0.15, -0.1) is 0 Å². The number of ether oxygens (including phenoxy) is 1. The van der Waals surface area contributed by atoms with Crippen LogP contribution in [0.3, 0.4) is 0 Å². The topological polar surface area (TPSA) is 78.9 Å². The number of alkyl halides is 2. The Morgan fingerprint density at radius 2 is 2.10 bits per heavy atom. The molecule has 30 heavy (non-hydrogen) atoms. The van der Waals surface area contributed by atoms with E-state index < -0.39 is 18.6 Å². The summed E-state index contributed by atoms with van der Waals surface area (Å²) in [6, 6.07) is 4.09. The molecule has 7 nitrogen and oxygen atoms in total. The second kappa shape index (κ2) is 7.55. The molecule has 10 heteroatoms. The predicted molar refractivity (Wildman–Crippen MR) is 108 cm³/mol. The molecule has 0 amide bonds. The molecule has 0 aliphatic carbocycles. The van der Waals surface area contributed by atoms with Crippen molar-refractivity contribution in [3.05, 3.63) is 47.0 Å². The third kappa shape index (κ3) is 3.41. The van der Waals surface area contributed by atoms with Crippen molar-refractivity contribution in [2.45, 2.75) is 39.2 Å². The van der Waals surface area contributed by atoms with Crippen LogP contribution in [0, 0.1) is 6.92 Å². The first-order valence-electron chi connectivity index (χ1n) is 9.12. The van der Waals surface area contributed by atoms with Crippen LogP contribution in [0.1, 0.15) is 37.4 Å². The number of halogens is 3. The first-order chi connectivity index (χ1) is 13.9. The Hall–Kier alpha value is -2.65. The second-order valence-electron chi connectivity index (χ2n) is 7.08. The maximum Gasteiger partial charge on any atom is 0.291 e. The molecule has 1 aliphatic heterocycles. The number of hydrogen-bond acceptors (Lipinski definition) is 6. The van der Waals surface area contributed by atoms with Crippen LogP contribution < -0.4 is 0 Å². The molecule has 1 aliphatic rings. The van der Waals surface area contributed by atoms with E-state index >= 15 is 0 Å². The van der Waals surface area contributed by atoms with Crippen LogP contribution in [0.2, 0.25) is 5.02 Å². The van der Waals surface area contributed by atoms with Gasteiger partial charge in [0.15, 0.2) is 5.82 Å². The third-order valence-electron chi connectivity index (χ3n) is 5.07. The van der Waals surface area contributed by atoms with Gasteiger partial charge in [0.05, 0.1) is 23.7 Å². The van der Waals surface area contributed by atoms with Gasteiger partial charge in [-0.3, -0.25) is 4.98 Å². The Bertz CT molecular complexity index is 1220. The molecule has 158 valence electrons. The smallest absolute Gasteiger partial charge is 0.291 e. The molecule has 3 aromatic heterocycles. The van der Waals surface area contributed by atoms with Gasteiger partial charge in [0.2, 0.25) is 5.89 Å². The summed E-state index contributed by atoms with van der Waals surface area (Å²) in [5.41, 5.74) is 1.73. The fourth-order valence-electron chi connectivity index (χ4n) is 3.84. The number of fused-ring (bicyclic) bond motifs is 3. The minimum Gasteiger partial charge on any atom is -0.375 e. The monoisotopic (exact) mass is 435 g/mol. The maximum absolute atomic E-state index is 14.9. The van der Waals surface area contributed by atoms with Crippen molar-refractivity contribution < 1.29 is 18.0 Å². The molecule has 0 radical (unpaired) electrons. The number of rotatable bonds is 3. The van der Waals surface area contributed by atoms with Gasteiger partial charge < -0.3 is 13.8 Å². The van der Waals surface area contributed by atoms with Gasteiger partial charge >= 0.3 is 0 Å². The lowest BCUT2D eigenvalue weighted by atomic mass is 10.0. The number of imidazole rings is 1. The molecule has 4 aromatic rings. The molecule has 0 N–H and O–H groups in total. The van der Waals surface area contributed by atoms with E-state index in [1.54, 1.807) is 35.9 Å². The SMILES string of the molecule is C.Cc1nc(Cc2nc3cnc4ccc(Cl)cc4c3n2C2CCOCC2(F)F)no1. The van der Waals surface area contributed by atoms with E-state index in [9.17, 15) is 8.78 Å². The fraction of sp³-hybridized carbons (Fsp3) is 0.400. The summed E-state index contributed by atoms with van der Waals surface area (Å²) in [5.74, 6) is -1.86. The van der Waals surface area contributed by atoms with Crippen LogP contribution in [-0.4, -0.2) is 43.8 Å². The van der Waals surface area contributed by atoms with Crippen molar-refractivity contribution in [3.8, 4) is 0 Å². The zero-order valence-electron chi connectivity index (χ0n) is 15.4. The molecule has 1 aromatic carbocycles. The van der Waals surface area contributed by atoms with Gasteiger partial charge in [0, 0.05) is 23.9 Å². The van der Waals surface area contributed by atoms with E-state index in [1.165, 1.54) is 0 Å². The van der Waals surface area contributed by atoms with Crippen molar-refractivity contribution in [2.75, 3.05) is 13.2 Å². The highest BCUT2D eigenvalue weighted by molar-refractivity contribution is 6.31. The number of pyridine rings is 1. The van der Waals surface area contributed by atoms with Crippen molar-refractivity contribution in [1.29, 1.82) is 0 Å². The lowest BCUT2D eigenvalue weighted by Gasteiger charge is -2.33. The minimum absolute atomic E-state index is 0. The summed E-state index contributed by atoms with van der Waals surface area (Å²) in [4.78, 5) is 13.2. The molecule has 0 bridgehead atoms. The number of aromatic nitrogens is 5. The van der Waals surface area contributed by atoms with E-state index in [1.807, 2.05) is 0 Å². The summed E-state index contributed by atoms with van der Waals surface area (Å²) in [6.07, 6.45) is 1.90. The Balaban J connectivity index is 0.00000218. The quantitative estimate of drug-likeness (QED) is 0.462. The van der Waals surface area contributed by atoms with Gasteiger partial charge in [0.25, 0.3) is 5.92 Å². The number of benzene rings is 1. The summed E-state index contributed by atoms with van der Waals surface area (Å²) in [5, 5.41) is 5.05. The molecular formula is C20H20ClF2N5O2. The summed E-state index contributed by atoms with van der Waals surface area (Å²) < 4.78 is 41.4. The van der Waals surface area contributed by atoms with E-state index in [0.29, 0.717) is 44.5 Å². The zero-order chi connectivity index (χ0) is 20.2. The molecule has 0 spiro atoms. The van der Waals surface area contributed by atoms with Crippen LogP contribution in [0.4, 0.5) is 8.78 Å². The van der Waals surface area contributed by atoms with Crippen molar-refractivity contribution in [1.82, 2.24) is 24.7 Å². The zero-order valence-corrected chi connectivity index (χ0v) is 16.2. The van der Waals surface area contributed by atoms with Gasteiger partial charge in [-0.2, -0.15) is 4.98 Å². The highest BCUT2D eigenvalue weighted by Crippen LogP contribution is 2.40. The molecule has 1 atom stereocenters. The molecule has 1 unspecified atom stereocenters. The third-order valence-corrected chi connectivity index (χ3v) is 5.30. The van der Waals surface area contributed by atoms with Gasteiger partial charge in [-0.05, 0) is 24.6 Å². The standard InChI is InChI=1S/C19H16ClF2N5O2.CH4/c1-10-24-16(26-29-10)7-17-25-14-8-23-13-3-2-11(20)6-12(13)18(14)27(17)15-4-5-28-9-19(15,21)22;/h2-3,6,8,15H,4-5,7,9H2,1H3;1H4. The van der Waals surface area contributed by atoms with E-state index in [-0.39, 0.29) is 26.9 Å². The summed E-state index contributed by atoms with van der Waals surface area (Å²) >= 11 is 6.19. The maximum atomic E-state index is 14.9. The average molecular weight is 436 g/mol. The van der Waals surface area contributed by atoms with Gasteiger partial charge in [0.1, 0.15) is 24.0 Å². The van der Waals surface area contributed by atoms with Gasteiger partial charge in [-0.1, -0.05) is 24.2 Å². The van der Waals surface area contributed by atoms with Crippen molar-refractivity contribution in [3.63, 3.8) is 0 Å². The fourth-order valence-corrected chi connectivity index (χ4v) is 4.01. The van der Waals surface area contributed by atoms with Crippen LogP contribution in [0.15, 0.2) is 28.9 Å². The second-order valence-corrected chi connectivity index (χ2v) is 7.51. The molecule has 1 fully saturated rings. The Kier molecular flexibility index (Phi) is 5.19. The summed E-state index contributed by atoms with van der Waals surface area (Å²) in [6.45, 7) is 1.28. The molecule has 1 saturated heterocycles. The van der Waals surface area contributed by atoms with E-state index in [4.69, 9.17) is 20.9 Å². The molecule has 5 rings (SSSR count). The van der Waals surface area contributed by atoms with Crippen LogP contribution in [0.5, 0.6) is 0 Å². The normalized spacial score (nSPS) is 18.6. The number of aryl methyl sites for hydroxylation is 1. The Labute approximate surface area is 176 Å².